The predicted octanol–water partition coefficient (Wildman–Crippen LogP) is 14.6. The van der Waals surface area contributed by atoms with Crippen LogP contribution >= 0.6 is 0 Å². The molecule has 0 aliphatic rings. The Bertz CT molecular complexity index is 845. The maximum Gasteiger partial charge on any atom is 2.00 e. The van der Waals surface area contributed by atoms with Crippen LogP contribution in [-0.2, 0) is 48.6 Å². The molecule has 0 aromatic carbocycles. The van der Waals surface area contributed by atoms with Crippen molar-refractivity contribution in [3.8, 4) is 0 Å². The molecule has 0 bridgehead atoms. The van der Waals surface area contributed by atoms with Crippen molar-refractivity contribution < 1.29 is 53.8 Å². The van der Waals surface area contributed by atoms with E-state index in [4.69, 9.17) is 0 Å². The Balaban J connectivity index is -0.000000966. The zero-order valence-corrected chi connectivity index (χ0v) is 41.1. The van der Waals surface area contributed by atoms with Crippen molar-refractivity contribution in [2.24, 2.45) is 0 Å². The van der Waals surface area contributed by atoms with Gasteiger partial charge in [-0.05, 0) is 12.8 Å². The smallest absolute Gasteiger partial charge is 0.726 e. The molecule has 0 heterocycles. The number of rotatable bonds is 44. The van der Waals surface area contributed by atoms with E-state index in [-0.39, 0.29) is 32.7 Å². The molecule has 0 unspecified atom stereocenters. The molecule has 0 rings (SSSR count). The molecular weight excluding hydrogens is 786 g/mol. The van der Waals surface area contributed by atoms with Gasteiger partial charge in [0.25, 0.3) is 0 Å². The molecule has 55 heavy (non-hydrogen) atoms. The molecule has 8 nitrogen and oxygen atoms in total. The van der Waals surface area contributed by atoms with Crippen LogP contribution in [0.2, 0.25) is 0 Å². The number of hydrogen-bond donors (Lipinski definition) is 0. The molecule has 0 aliphatic heterocycles. The summed E-state index contributed by atoms with van der Waals surface area (Å²) in [4.78, 5) is 0. The summed E-state index contributed by atoms with van der Waals surface area (Å²) in [7, 11) is -9.00. The van der Waals surface area contributed by atoms with Crippen LogP contribution in [0.4, 0.5) is 0 Å². The van der Waals surface area contributed by atoms with Crippen LogP contribution in [0.3, 0.4) is 0 Å². The Hall–Kier alpha value is 0.363. The van der Waals surface area contributed by atoms with E-state index in [1.807, 2.05) is 0 Å². The van der Waals surface area contributed by atoms with Crippen molar-refractivity contribution in [1.29, 1.82) is 0 Å². The first kappa shape index (κ1) is 59.7. The van der Waals surface area contributed by atoms with Crippen molar-refractivity contribution in [2.75, 3.05) is 13.2 Å². The van der Waals surface area contributed by atoms with Gasteiger partial charge in [-0.15, -0.1) is 0 Å². The molecule has 0 amide bonds. The van der Waals surface area contributed by atoms with Gasteiger partial charge >= 0.3 is 19.5 Å². The summed E-state index contributed by atoms with van der Waals surface area (Å²) in [5, 5.41) is 0. The van der Waals surface area contributed by atoms with E-state index in [0.29, 0.717) is 12.8 Å². The van der Waals surface area contributed by atoms with Crippen LogP contribution in [0.5, 0.6) is 0 Å². The van der Waals surface area contributed by atoms with Gasteiger partial charge in [0.1, 0.15) is 0 Å². The topological polar surface area (TPSA) is 133 Å². The normalized spacial score (nSPS) is 11.7. The molecule has 0 atom stereocenters. The Morgan fingerprint density at radius 2 is 0.400 bits per heavy atom. The van der Waals surface area contributed by atoms with Gasteiger partial charge < -0.3 is 9.11 Å². The van der Waals surface area contributed by atoms with Gasteiger partial charge in [-0.2, -0.15) is 0 Å². The summed E-state index contributed by atoms with van der Waals surface area (Å²) in [6.07, 6.45) is 52.3. The summed E-state index contributed by atoms with van der Waals surface area (Å²) >= 11 is 0. The van der Waals surface area contributed by atoms with Crippen LogP contribution in [0, 0.1) is 0 Å². The van der Waals surface area contributed by atoms with Crippen LogP contribution in [0.15, 0.2) is 0 Å². The summed E-state index contributed by atoms with van der Waals surface area (Å²) in [6, 6.07) is 0. The number of hydrogen-bond acceptors (Lipinski definition) is 8. The third-order valence-corrected chi connectivity index (χ3v) is 11.4. The fourth-order valence-electron chi connectivity index (χ4n) is 7.04. The van der Waals surface area contributed by atoms with E-state index in [2.05, 4.69) is 22.2 Å². The minimum Gasteiger partial charge on any atom is -0.726 e. The Morgan fingerprint density at radius 3 is 0.527 bits per heavy atom. The molecule has 0 fully saturated rings. The van der Waals surface area contributed by atoms with Gasteiger partial charge in [-0.1, -0.05) is 258 Å². The maximum absolute atomic E-state index is 10.3. The fraction of sp³-hybridized carbons (Fsp3) is 1.00. The quantitative estimate of drug-likeness (QED) is 0.0256. The Labute approximate surface area is 356 Å². The monoisotopic (exact) mass is 875 g/mol. The van der Waals surface area contributed by atoms with Gasteiger partial charge in [0.15, 0.2) is 0 Å². The minimum atomic E-state index is -4.50. The van der Waals surface area contributed by atoms with Crippen LogP contribution < -0.4 is 0 Å². The first-order valence-electron chi connectivity index (χ1n) is 23.3. The van der Waals surface area contributed by atoms with E-state index in [0.717, 1.165) is 25.7 Å². The summed E-state index contributed by atoms with van der Waals surface area (Å²) < 4.78 is 69.9. The molecule has 0 N–H and O–H groups in total. The Kier molecular flexibility index (Phi) is 52.9. The molecule has 0 saturated carbocycles. The van der Waals surface area contributed by atoms with Crippen LogP contribution in [0.25, 0.3) is 0 Å². The molecule has 0 spiro atoms. The van der Waals surface area contributed by atoms with Crippen molar-refractivity contribution >= 4 is 20.8 Å². The fourth-order valence-corrected chi connectivity index (χ4v) is 7.68. The second kappa shape index (κ2) is 48.7. The molecule has 0 aromatic rings. The SMILES string of the molecule is CCCCCCCCCCCCCCCCCCCCCCOS(=O)(=O)[O-].CCCCCCCCCCCCCCCCCCCCCCOS(=O)(=O)[O-].[Zn+2]. The maximum atomic E-state index is 10.3. The average molecular weight is 877 g/mol. The predicted molar refractivity (Wildman–Crippen MR) is 227 cm³/mol. The van der Waals surface area contributed by atoms with Gasteiger partial charge in [-0.3, -0.25) is 8.37 Å². The van der Waals surface area contributed by atoms with Gasteiger partial charge in [-0.25, -0.2) is 16.8 Å². The molecule has 0 aliphatic carbocycles. The summed E-state index contributed by atoms with van der Waals surface area (Å²) in [5.41, 5.74) is 0. The van der Waals surface area contributed by atoms with E-state index in [9.17, 15) is 25.9 Å². The second-order valence-corrected chi connectivity index (χ2v) is 18.0. The van der Waals surface area contributed by atoms with Crippen molar-refractivity contribution in [3.05, 3.63) is 0 Å². The van der Waals surface area contributed by atoms with E-state index >= 15 is 0 Å². The van der Waals surface area contributed by atoms with Crippen molar-refractivity contribution in [3.63, 3.8) is 0 Å². The molecule has 0 saturated heterocycles. The standard InChI is InChI=1S/2C22H46O4S.Zn/c2*1-2-3-4-5-6-7-8-9-10-11-12-13-14-15-16-17-18-19-20-21-22-26-27(23,24)25;/h2*2-22H2,1H3,(H,23,24,25);/q;;+2/p-2. The molecule has 11 heteroatoms. The molecule has 0 aromatic heterocycles. The zero-order chi connectivity index (χ0) is 40.1. The summed E-state index contributed by atoms with van der Waals surface area (Å²) in [5.74, 6) is 0. The molecular formula is C44H90O8S2Zn. The third kappa shape index (κ3) is 63.7. The van der Waals surface area contributed by atoms with Crippen molar-refractivity contribution in [1.82, 2.24) is 0 Å². The van der Waals surface area contributed by atoms with Crippen LogP contribution in [-0.4, -0.2) is 39.2 Å². The average Bonchev–Trinajstić information content (AvgIpc) is 3.12. The van der Waals surface area contributed by atoms with Crippen LogP contribution in [0.1, 0.15) is 271 Å². The Morgan fingerprint density at radius 1 is 0.273 bits per heavy atom. The molecule has 0 radical (unpaired) electrons. The third-order valence-electron chi connectivity index (χ3n) is 10.5. The first-order valence-corrected chi connectivity index (χ1v) is 26.0. The van der Waals surface area contributed by atoms with E-state index in [1.165, 1.54) is 218 Å². The van der Waals surface area contributed by atoms with E-state index < -0.39 is 20.8 Å². The van der Waals surface area contributed by atoms with E-state index in [1.54, 1.807) is 0 Å². The second-order valence-electron chi connectivity index (χ2n) is 15.9. The zero-order valence-electron chi connectivity index (χ0n) is 36.5. The van der Waals surface area contributed by atoms with Gasteiger partial charge in [0, 0.05) is 0 Å². The first-order chi connectivity index (χ1) is 26.1. The summed E-state index contributed by atoms with van der Waals surface area (Å²) in [6.45, 7) is 4.62. The van der Waals surface area contributed by atoms with Gasteiger partial charge in [0.2, 0.25) is 20.8 Å². The largest absolute Gasteiger partial charge is 2.00 e. The van der Waals surface area contributed by atoms with Crippen molar-refractivity contribution in [2.45, 2.75) is 271 Å². The minimum absolute atomic E-state index is 0. The van der Waals surface area contributed by atoms with Gasteiger partial charge in [0.05, 0.1) is 13.2 Å². The molecule has 328 valence electrons. The number of unbranched alkanes of at least 4 members (excludes halogenated alkanes) is 38.